The van der Waals surface area contributed by atoms with Crippen molar-refractivity contribution >= 4 is 29.4 Å². The molecule has 0 fully saturated rings. The van der Waals surface area contributed by atoms with E-state index in [2.05, 4.69) is 0 Å². The van der Waals surface area contributed by atoms with Gasteiger partial charge in [-0.1, -0.05) is 11.6 Å². The summed E-state index contributed by atoms with van der Waals surface area (Å²) in [6, 6.07) is 1.79. The van der Waals surface area contributed by atoms with Crippen LogP contribution in [0, 0.1) is 5.82 Å². The van der Waals surface area contributed by atoms with Crippen molar-refractivity contribution in [1.82, 2.24) is 5.32 Å². The zero-order valence-corrected chi connectivity index (χ0v) is 10.3. The minimum Gasteiger partial charge on any atom is -0.480 e. The molecule has 1 aromatic carbocycles. The fourth-order valence-electron chi connectivity index (χ4n) is 1.31. The van der Waals surface area contributed by atoms with Crippen molar-refractivity contribution in [2.24, 2.45) is 5.73 Å². The summed E-state index contributed by atoms with van der Waals surface area (Å²) >= 11 is 5.52. The van der Waals surface area contributed by atoms with Crippen LogP contribution < -0.4 is 11.1 Å². The number of primary amides is 1. The molecule has 0 aliphatic carbocycles. The number of carbonyl (C=O) groups excluding carboxylic acids is 2. The van der Waals surface area contributed by atoms with Gasteiger partial charge >= 0.3 is 5.97 Å². The zero-order valence-electron chi connectivity index (χ0n) is 9.52. The van der Waals surface area contributed by atoms with E-state index >= 15 is 0 Å². The third kappa shape index (κ3) is 4.22. The fraction of sp³-hybridized carbons (Fsp3) is 0.182. The van der Waals surface area contributed by atoms with Crippen LogP contribution in [0.3, 0.4) is 0 Å². The zero-order chi connectivity index (χ0) is 14.6. The molecule has 0 aliphatic rings. The van der Waals surface area contributed by atoms with Gasteiger partial charge in [0.05, 0.1) is 12.0 Å². The second-order valence-corrected chi connectivity index (χ2v) is 4.10. The standard InChI is InChI=1S/C11H10ClFN2O4/c12-5-1-2-6(7(13)3-5)10(17)15-8(11(18)19)4-9(14)16/h1-3,8H,4H2,(H2,14,16)(H,15,17)(H,18,19). The lowest BCUT2D eigenvalue weighted by Gasteiger charge is -2.13. The molecule has 19 heavy (non-hydrogen) atoms. The predicted molar refractivity (Wildman–Crippen MR) is 64.1 cm³/mol. The van der Waals surface area contributed by atoms with Crippen molar-refractivity contribution in [3.8, 4) is 0 Å². The lowest BCUT2D eigenvalue weighted by molar-refractivity contribution is -0.140. The van der Waals surface area contributed by atoms with Crippen LogP contribution in [0.2, 0.25) is 5.02 Å². The number of rotatable bonds is 5. The first kappa shape index (κ1) is 14.9. The summed E-state index contributed by atoms with van der Waals surface area (Å²) < 4.78 is 13.4. The van der Waals surface area contributed by atoms with Gasteiger partial charge in [-0.25, -0.2) is 9.18 Å². The quantitative estimate of drug-likeness (QED) is 0.734. The predicted octanol–water partition coefficient (Wildman–Crippen LogP) is 0.537. The number of carbonyl (C=O) groups is 3. The highest BCUT2D eigenvalue weighted by atomic mass is 35.5. The summed E-state index contributed by atoms with van der Waals surface area (Å²) in [5.41, 5.74) is 4.48. The molecule has 1 unspecified atom stereocenters. The minimum atomic E-state index is -1.51. The Balaban J connectivity index is 2.87. The van der Waals surface area contributed by atoms with Crippen LogP contribution in [0.25, 0.3) is 0 Å². The lowest BCUT2D eigenvalue weighted by atomic mass is 10.1. The van der Waals surface area contributed by atoms with Gasteiger partial charge in [-0.3, -0.25) is 9.59 Å². The Hall–Kier alpha value is -2.15. The number of amides is 2. The third-order valence-electron chi connectivity index (χ3n) is 2.18. The molecule has 0 spiro atoms. The molecule has 2 amide bonds. The second-order valence-electron chi connectivity index (χ2n) is 3.66. The molecule has 1 atom stereocenters. The Labute approximate surface area is 112 Å². The molecule has 0 heterocycles. The molecule has 0 aromatic heterocycles. The summed E-state index contributed by atoms with van der Waals surface area (Å²) in [7, 11) is 0. The largest absolute Gasteiger partial charge is 0.480 e. The number of halogens is 2. The van der Waals surface area contributed by atoms with Crippen LogP contribution in [-0.2, 0) is 9.59 Å². The molecule has 0 radical (unpaired) electrons. The molecule has 6 nitrogen and oxygen atoms in total. The smallest absolute Gasteiger partial charge is 0.326 e. The normalized spacial score (nSPS) is 11.7. The van der Waals surface area contributed by atoms with Crippen LogP contribution in [0.15, 0.2) is 18.2 Å². The van der Waals surface area contributed by atoms with E-state index in [-0.39, 0.29) is 10.6 Å². The lowest BCUT2D eigenvalue weighted by Crippen LogP contribution is -2.43. The van der Waals surface area contributed by atoms with E-state index in [9.17, 15) is 18.8 Å². The van der Waals surface area contributed by atoms with E-state index in [1.807, 2.05) is 5.32 Å². The summed E-state index contributed by atoms with van der Waals surface area (Å²) in [5, 5.41) is 10.9. The Bertz CT molecular complexity index is 535. The van der Waals surface area contributed by atoms with Crippen molar-refractivity contribution < 1.29 is 23.9 Å². The van der Waals surface area contributed by atoms with Crippen molar-refractivity contribution in [2.45, 2.75) is 12.5 Å². The van der Waals surface area contributed by atoms with Crippen molar-refractivity contribution in [1.29, 1.82) is 0 Å². The highest BCUT2D eigenvalue weighted by Gasteiger charge is 2.24. The Morgan fingerprint density at radius 3 is 2.53 bits per heavy atom. The molecule has 0 saturated heterocycles. The van der Waals surface area contributed by atoms with Crippen LogP contribution in [0.5, 0.6) is 0 Å². The number of carboxylic acid groups (broad SMARTS) is 1. The topological polar surface area (TPSA) is 109 Å². The van der Waals surface area contributed by atoms with Crippen LogP contribution in [-0.4, -0.2) is 28.9 Å². The van der Waals surface area contributed by atoms with Crippen LogP contribution >= 0.6 is 11.6 Å². The van der Waals surface area contributed by atoms with E-state index < -0.39 is 36.1 Å². The first-order valence-corrected chi connectivity index (χ1v) is 5.46. The van der Waals surface area contributed by atoms with Crippen LogP contribution in [0.1, 0.15) is 16.8 Å². The summed E-state index contributed by atoms with van der Waals surface area (Å²) in [6.45, 7) is 0. The molecule has 8 heteroatoms. The number of aliphatic carboxylic acids is 1. The maximum absolute atomic E-state index is 13.4. The van der Waals surface area contributed by atoms with Crippen LogP contribution in [0.4, 0.5) is 4.39 Å². The molecular formula is C11H10ClFN2O4. The number of nitrogens with two attached hydrogens (primary N) is 1. The van der Waals surface area contributed by atoms with Gasteiger partial charge in [0.25, 0.3) is 5.91 Å². The Kier molecular flexibility index (Phi) is 4.82. The minimum absolute atomic E-state index is 0.0981. The first-order chi connectivity index (χ1) is 8.81. The first-order valence-electron chi connectivity index (χ1n) is 5.08. The molecule has 4 N–H and O–H groups in total. The second kappa shape index (κ2) is 6.14. The maximum atomic E-state index is 13.4. The molecule has 0 saturated carbocycles. The number of carboxylic acids is 1. The Morgan fingerprint density at radius 2 is 2.05 bits per heavy atom. The van der Waals surface area contributed by atoms with E-state index in [0.717, 1.165) is 12.1 Å². The SMILES string of the molecule is NC(=O)CC(NC(=O)c1ccc(Cl)cc1F)C(=O)O. The Morgan fingerprint density at radius 1 is 1.42 bits per heavy atom. The highest BCUT2D eigenvalue weighted by molar-refractivity contribution is 6.30. The summed E-state index contributed by atoms with van der Waals surface area (Å²) in [5.74, 6) is -4.21. The van der Waals surface area contributed by atoms with E-state index in [1.54, 1.807) is 0 Å². The molecule has 1 aromatic rings. The fourth-order valence-corrected chi connectivity index (χ4v) is 1.47. The van der Waals surface area contributed by atoms with E-state index in [0.29, 0.717) is 0 Å². The molecule has 0 aliphatic heterocycles. The number of benzene rings is 1. The van der Waals surface area contributed by atoms with Gasteiger partial charge in [0.15, 0.2) is 0 Å². The van der Waals surface area contributed by atoms with E-state index in [4.69, 9.17) is 22.4 Å². The highest BCUT2D eigenvalue weighted by Crippen LogP contribution is 2.14. The average Bonchev–Trinajstić information content (AvgIpc) is 2.26. The number of nitrogens with one attached hydrogen (secondary N) is 1. The molecule has 102 valence electrons. The number of hydrogen-bond donors (Lipinski definition) is 3. The van der Waals surface area contributed by atoms with E-state index in [1.165, 1.54) is 6.07 Å². The number of hydrogen-bond acceptors (Lipinski definition) is 3. The summed E-state index contributed by atoms with van der Waals surface area (Å²) in [6.07, 6.45) is -0.587. The third-order valence-corrected chi connectivity index (χ3v) is 2.42. The van der Waals surface area contributed by atoms with Gasteiger partial charge in [0, 0.05) is 5.02 Å². The van der Waals surface area contributed by atoms with Gasteiger partial charge < -0.3 is 16.2 Å². The average molecular weight is 289 g/mol. The molecular weight excluding hydrogens is 279 g/mol. The van der Waals surface area contributed by atoms with Crippen molar-refractivity contribution in [3.63, 3.8) is 0 Å². The maximum Gasteiger partial charge on any atom is 0.326 e. The van der Waals surface area contributed by atoms with Gasteiger partial charge in [0.1, 0.15) is 11.9 Å². The van der Waals surface area contributed by atoms with Gasteiger partial charge in [-0.2, -0.15) is 0 Å². The molecule has 1 rings (SSSR count). The van der Waals surface area contributed by atoms with Gasteiger partial charge in [0.2, 0.25) is 5.91 Å². The van der Waals surface area contributed by atoms with Crippen molar-refractivity contribution in [2.75, 3.05) is 0 Å². The van der Waals surface area contributed by atoms with Gasteiger partial charge in [-0.05, 0) is 18.2 Å². The van der Waals surface area contributed by atoms with Crippen molar-refractivity contribution in [3.05, 3.63) is 34.6 Å². The van der Waals surface area contributed by atoms with Gasteiger partial charge in [-0.15, -0.1) is 0 Å². The summed E-state index contributed by atoms with van der Waals surface area (Å²) in [4.78, 5) is 33.1. The molecule has 0 bridgehead atoms. The monoisotopic (exact) mass is 288 g/mol.